The van der Waals surface area contributed by atoms with Crippen molar-refractivity contribution < 1.29 is 4.79 Å². The molecule has 2 aromatic heterocycles. The molecule has 17 heavy (non-hydrogen) atoms. The maximum absolute atomic E-state index is 10.9. The van der Waals surface area contributed by atoms with E-state index in [2.05, 4.69) is 26.0 Å². The van der Waals surface area contributed by atoms with Crippen LogP contribution >= 0.6 is 15.9 Å². The Labute approximate surface area is 108 Å². The highest BCUT2D eigenvalue weighted by molar-refractivity contribution is 9.10. The van der Waals surface area contributed by atoms with E-state index in [1.165, 1.54) is 0 Å². The molecule has 0 aliphatic heterocycles. The Morgan fingerprint density at radius 2 is 2.18 bits per heavy atom. The molecule has 0 unspecified atom stereocenters. The smallest absolute Gasteiger partial charge is 0.153 e. The second-order valence-electron chi connectivity index (χ2n) is 3.87. The van der Waals surface area contributed by atoms with Gasteiger partial charge in [0.25, 0.3) is 0 Å². The third-order valence-electron chi connectivity index (χ3n) is 2.65. The number of carbonyl (C=O) groups excluding carboxylic acids is 1. The zero-order valence-corrected chi connectivity index (χ0v) is 11.2. The van der Waals surface area contributed by atoms with Crippen LogP contribution in [-0.2, 0) is 6.54 Å². The Bertz CT molecular complexity index is 563. The lowest BCUT2D eigenvalue weighted by Gasteiger charge is -2.04. The topological polar surface area (TPSA) is 47.8 Å². The predicted molar refractivity (Wildman–Crippen MR) is 68.1 cm³/mol. The van der Waals surface area contributed by atoms with Gasteiger partial charge < -0.3 is 0 Å². The van der Waals surface area contributed by atoms with Gasteiger partial charge in [-0.1, -0.05) is 0 Å². The number of carbonyl (C=O) groups is 1. The number of aromatic nitrogens is 3. The summed E-state index contributed by atoms with van der Waals surface area (Å²) < 4.78 is 2.76. The van der Waals surface area contributed by atoms with Gasteiger partial charge in [-0.3, -0.25) is 14.5 Å². The van der Waals surface area contributed by atoms with Crippen molar-refractivity contribution in [3.05, 3.63) is 45.4 Å². The molecule has 2 heterocycles. The van der Waals surface area contributed by atoms with Crippen molar-refractivity contribution in [1.82, 2.24) is 14.8 Å². The lowest BCUT2D eigenvalue weighted by molar-refractivity contribution is 0.112. The van der Waals surface area contributed by atoms with Crippen LogP contribution < -0.4 is 0 Å². The highest BCUT2D eigenvalue weighted by Crippen LogP contribution is 2.14. The molecule has 0 aliphatic carbocycles. The molecular formula is C12H12BrN3O. The summed E-state index contributed by atoms with van der Waals surface area (Å²) in [5.74, 6) is 0. The summed E-state index contributed by atoms with van der Waals surface area (Å²) in [5.41, 5.74) is 3.37. The minimum Gasteiger partial charge on any atom is -0.298 e. The Kier molecular flexibility index (Phi) is 3.38. The average Bonchev–Trinajstić information content (AvgIpc) is 2.54. The first-order valence-corrected chi connectivity index (χ1v) is 5.99. The molecule has 0 saturated heterocycles. The number of aryl methyl sites for hydroxylation is 1. The number of nitrogens with zero attached hydrogens (tertiary/aromatic N) is 3. The van der Waals surface area contributed by atoms with Gasteiger partial charge >= 0.3 is 0 Å². The molecule has 5 heteroatoms. The largest absolute Gasteiger partial charge is 0.298 e. The molecule has 2 aromatic rings. The van der Waals surface area contributed by atoms with Gasteiger partial charge in [0.05, 0.1) is 17.8 Å². The van der Waals surface area contributed by atoms with Crippen molar-refractivity contribution in [2.45, 2.75) is 20.4 Å². The fourth-order valence-electron chi connectivity index (χ4n) is 1.75. The van der Waals surface area contributed by atoms with Crippen LogP contribution in [0.1, 0.15) is 27.3 Å². The summed E-state index contributed by atoms with van der Waals surface area (Å²) in [4.78, 5) is 15.0. The van der Waals surface area contributed by atoms with Crippen LogP contribution in [0.25, 0.3) is 0 Å². The zero-order valence-electron chi connectivity index (χ0n) is 9.64. The van der Waals surface area contributed by atoms with Gasteiger partial charge in [0, 0.05) is 22.6 Å². The fraction of sp³-hybridized carbons (Fsp3) is 0.250. The highest BCUT2D eigenvalue weighted by atomic mass is 79.9. The number of hydrogen-bond donors (Lipinski definition) is 0. The van der Waals surface area contributed by atoms with E-state index < -0.39 is 0 Å². The molecule has 0 saturated carbocycles. The summed E-state index contributed by atoms with van der Waals surface area (Å²) in [5, 5.41) is 4.35. The summed E-state index contributed by atoms with van der Waals surface area (Å²) in [6, 6.07) is 1.99. The standard InChI is InChI=1S/C12H12BrN3O/c1-8-12(7-17)9(2)16(15-8)6-10-3-11(13)5-14-4-10/h3-5,7H,6H2,1-2H3. The summed E-state index contributed by atoms with van der Waals surface area (Å²) in [6.45, 7) is 4.36. The third-order valence-corrected chi connectivity index (χ3v) is 3.08. The number of rotatable bonds is 3. The van der Waals surface area contributed by atoms with E-state index in [1.54, 1.807) is 12.4 Å². The average molecular weight is 294 g/mol. The van der Waals surface area contributed by atoms with E-state index in [0.717, 1.165) is 27.7 Å². The van der Waals surface area contributed by atoms with Crippen LogP contribution in [-0.4, -0.2) is 21.1 Å². The van der Waals surface area contributed by atoms with Gasteiger partial charge in [-0.25, -0.2) is 0 Å². The molecule has 2 rings (SSSR count). The van der Waals surface area contributed by atoms with Crippen molar-refractivity contribution in [3.63, 3.8) is 0 Å². The van der Waals surface area contributed by atoms with Crippen LogP contribution in [0.4, 0.5) is 0 Å². The van der Waals surface area contributed by atoms with Crippen LogP contribution in [0.5, 0.6) is 0 Å². The van der Waals surface area contributed by atoms with Crippen molar-refractivity contribution >= 4 is 22.2 Å². The molecule has 0 bridgehead atoms. The Hall–Kier alpha value is -1.49. The second-order valence-corrected chi connectivity index (χ2v) is 4.79. The molecule has 88 valence electrons. The van der Waals surface area contributed by atoms with E-state index in [-0.39, 0.29) is 0 Å². The molecule has 0 radical (unpaired) electrons. The van der Waals surface area contributed by atoms with E-state index in [1.807, 2.05) is 24.6 Å². The maximum atomic E-state index is 10.9. The van der Waals surface area contributed by atoms with Gasteiger partial charge in [0.1, 0.15) is 0 Å². The fourth-order valence-corrected chi connectivity index (χ4v) is 2.16. The third kappa shape index (κ3) is 2.44. The molecule has 0 aromatic carbocycles. The maximum Gasteiger partial charge on any atom is 0.153 e. The van der Waals surface area contributed by atoms with Gasteiger partial charge in [0.2, 0.25) is 0 Å². The molecular weight excluding hydrogens is 282 g/mol. The normalized spacial score (nSPS) is 10.5. The van der Waals surface area contributed by atoms with E-state index in [9.17, 15) is 4.79 Å². The molecule has 0 atom stereocenters. The number of aldehydes is 1. The summed E-state index contributed by atoms with van der Waals surface area (Å²) >= 11 is 3.38. The van der Waals surface area contributed by atoms with Gasteiger partial charge in [0.15, 0.2) is 6.29 Å². The van der Waals surface area contributed by atoms with Crippen LogP contribution in [0.2, 0.25) is 0 Å². The first-order valence-electron chi connectivity index (χ1n) is 5.20. The predicted octanol–water partition coefficient (Wildman–Crippen LogP) is 2.52. The SMILES string of the molecule is Cc1nn(Cc2cncc(Br)c2)c(C)c1C=O. The quantitative estimate of drug-likeness (QED) is 0.817. The van der Waals surface area contributed by atoms with Gasteiger partial charge in [-0.2, -0.15) is 5.10 Å². The van der Waals surface area contributed by atoms with E-state index >= 15 is 0 Å². The lowest BCUT2D eigenvalue weighted by atomic mass is 10.2. The lowest BCUT2D eigenvalue weighted by Crippen LogP contribution is -2.04. The number of halogens is 1. The Balaban J connectivity index is 2.33. The molecule has 0 amide bonds. The Morgan fingerprint density at radius 1 is 1.41 bits per heavy atom. The van der Waals surface area contributed by atoms with Gasteiger partial charge in [-0.05, 0) is 41.4 Å². The van der Waals surface area contributed by atoms with Crippen molar-refractivity contribution in [2.24, 2.45) is 0 Å². The molecule has 0 fully saturated rings. The number of hydrogen-bond acceptors (Lipinski definition) is 3. The molecule has 0 aliphatic rings. The molecule has 0 spiro atoms. The first-order chi connectivity index (χ1) is 8.11. The second kappa shape index (κ2) is 4.79. The van der Waals surface area contributed by atoms with Crippen molar-refractivity contribution in [2.75, 3.05) is 0 Å². The minimum atomic E-state index is 0.618. The van der Waals surface area contributed by atoms with Crippen LogP contribution in [0.15, 0.2) is 22.9 Å². The van der Waals surface area contributed by atoms with E-state index in [0.29, 0.717) is 12.1 Å². The van der Waals surface area contributed by atoms with Gasteiger partial charge in [-0.15, -0.1) is 0 Å². The molecule has 0 N–H and O–H groups in total. The number of pyridine rings is 1. The first kappa shape index (κ1) is 12.0. The van der Waals surface area contributed by atoms with Crippen LogP contribution in [0.3, 0.4) is 0 Å². The molecule has 4 nitrogen and oxygen atoms in total. The summed E-state index contributed by atoms with van der Waals surface area (Å²) in [7, 11) is 0. The summed E-state index contributed by atoms with van der Waals surface area (Å²) in [6.07, 6.45) is 4.39. The zero-order chi connectivity index (χ0) is 12.4. The Morgan fingerprint density at radius 3 is 2.76 bits per heavy atom. The monoisotopic (exact) mass is 293 g/mol. The van der Waals surface area contributed by atoms with Crippen LogP contribution in [0, 0.1) is 13.8 Å². The van der Waals surface area contributed by atoms with E-state index in [4.69, 9.17) is 0 Å². The highest BCUT2D eigenvalue weighted by Gasteiger charge is 2.10. The van der Waals surface area contributed by atoms with Crippen molar-refractivity contribution in [3.8, 4) is 0 Å². The van der Waals surface area contributed by atoms with Crippen molar-refractivity contribution in [1.29, 1.82) is 0 Å². The minimum absolute atomic E-state index is 0.618.